The highest BCUT2D eigenvalue weighted by molar-refractivity contribution is 5.79. The normalized spacial score (nSPS) is 11.4. The Labute approximate surface area is 226 Å². The van der Waals surface area contributed by atoms with Gasteiger partial charge in [0.15, 0.2) is 0 Å². The van der Waals surface area contributed by atoms with Crippen LogP contribution in [0.1, 0.15) is 24.2 Å². The van der Waals surface area contributed by atoms with Crippen molar-refractivity contribution in [1.29, 1.82) is 0 Å². The van der Waals surface area contributed by atoms with E-state index in [1.54, 1.807) is 37.6 Å². The van der Waals surface area contributed by atoms with Crippen molar-refractivity contribution in [2.24, 2.45) is 0 Å². The Kier molecular flexibility index (Phi) is 9.18. The van der Waals surface area contributed by atoms with E-state index in [2.05, 4.69) is 4.98 Å². The summed E-state index contributed by atoms with van der Waals surface area (Å²) in [6, 6.07) is 23.1. The lowest BCUT2D eigenvalue weighted by Gasteiger charge is -2.27. The van der Waals surface area contributed by atoms with Crippen molar-refractivity contribution in [3.05, 3.63) is 96.4 Å². The van der Waals surface area contributed by atoms with Crippen molar-refractivity contribution >= 4 is 12.1 Å². The molecule has 0 N–H and O–H groups in total. The number of rotatable bonds is 11. The highest BCUT2D eigenvalue weighted by Gasteiger charge is 2.26. The first-order chi connectivity index (χ1) is 19.0. The van der Waals surface area contributed by atoms with Crippen LogP contribution in [0.2, 0.25) is 0 Å². The summed E-state index contributed by atoms with van der Waals surface area (Å²) in [5.74, 6) is 1.64. The monoisotopic (exact) mass is 530 g/mol. The van der Waals surface area contributed by atoms with Gasteiger partial charge in [-0.2, -0.15) is 0 Å². The number of amides is 1. The number of nitrogens with zero attached hydrogens (tertiary/aromatic N) is 2. The molecule has 0 aliphatic carbocycles. The number of aromatic nitrogens is 1. The maximum absolute atomic E-state index is 13.0. The van der Waals surface area contributed by atoms with E-state index in [0.29, 0.717) is 36.2 Å². The molecule has 0 aliphatic rings. The fourth-order valence-electron chi connectivity index (χ4n) is 3.80. The van der Waals surface area contributed by atoms with Gasteiger partial charge in [-0.15, -0.1) is 0 Å². The zero-order chi connectivity index (χ0) is 27.6. The number of hydrogen-bond donors (Lipinski definition) is 0. The minimum atomic E-state index is -0.680. The number of esters is 1. The van der Waals surface area contributed by atoms with Gasteiger partial charge in [-0.3, -0.25) is 9.69 Å². The van der Waals surface area contributed by atoms with Gasteiger partial charge < -0.3 is 23.4 Å². The summed E-state index contributed by atoms with van der Waals surface area (Å²) < 4.78 is 26.9. The molecule has 0 bridgehead atoms. The largest absolute Gasteiger partial charge is 0.497 e. The van der Waals surface area contributed by atoms with Crippen LogP contribution < -0.4 is 14.2 Å². The van der Waals surface area contributed by atoms with Crippen molar-refractivity contribution in [3.8, 4) is 28.7 Å². The SMILES string of the molecule is COC(=O)CN(C(=O)Oc1ccc(OC)cc1)C(C)c1ccc(OCCc2coc(-c3ccccc3)n2)cc1. The van der Waals surface area contributed by atoms with E-state index in [-0.39, 0.29) is 6.54 Å². The van der Waals surface area contributed by atoms with Crippen LogP contribution in [0.25, 0.3) is 11.5 Å². The minimum Gasteiger partial charge on any atom is -0.497 e. The number of oxazole rings is 1. The molecule has 39 heavy (non-hydrogen) atoms. The van der Waals surface area contributed by atoms with Gasteiger partial charge in [-0.05, 0) is 61.0 Å². The Morgan fingerprint density at radius 1 is 0.897 bits per heavy atom. The standard InChI is InChI=1S/C30H30N2O7/c1-21(32(19-28(33)36-3)30(34)39-27-15-13-25(35-2)14-16-27)22-9-11-26(12-10-22)37-18-17-24-20-38-29(31-24)23-7-5-4-6-8-23/h4-16,20-21H,17-19H2,1-3H3. The topological polar surface area (TPSA) is 100 Å². The molecular weight excluding hydrogens is 500 g/mol. The first kappa shape index (κ1) is 27.3. The van der Waals surface area contributed by atoms with Gasteiger partial charge in [0, 0.05) is 12.0 Å². The predicted octanol–water partition coefficient (Wildman–Crippen LogP) is 5.71. The summed E-state index contributed by atoms with van der Waals surface area (Å²) in [5, 5.41) is 0. The number of benzene rings is 3. The summed E-state index contributed by atoms with van der Waals surface area (Å²) in [6.07, 6.45) is 1.54. The fraction of sp³-hybridized carbons (Fsp3) is 0.233. The van der Waals surface area contributed by atoms with E-state index in [4.69, 9.17) is 23.4 Å². The first-order valence-corrected chi connectivity index (χ1v) is 12.4. The molecule has 3 aromatic carbocycles. The highest BCUT2D eigenvalue weighted by Crippen LogP contribution is 2.25. The molecule has 0 aliphatic heterocycles. The van der Waals surface area contributed by atoms with E-state index in [1.807, 2.05) is 61.5 Å². The van der Waals surface area contributed by atoms with E-state index in [1.165, 1.54) is 12.0 Å². The lowest BCUT2D eigenvalue weighted by atomic mass is 10.1. The van der Waals surface area contributed by atoms with Crippen LogP contribution in [-0.4, -0.2) is 49.3 Å². The summed E-state index contributed by atoms with van der Waals surface area (Å²) in [5.41, 5.74) is 2.51. The Balaban J connectivity index is 1.35. The highest BCUT2D eigenvalue weighted by atomic mass is 16.6. The molecule has 4 aromatic rings. The van der Waals surface area contributed by atoms with Gasteiger partial charge in [0.05, 0.1) is 32.6 Å². The third-order valence-electron chi connectivity index (χ3n) is 6.06. The lowest BCUT2D eigenvalue weighted by Crippen LogP contribution is -2.40. The van der Waals surface area contributed by atoms with Crippen LogP contribution in [0.5, 0.6) is 17.2 Å². The van der Waals surface area contributed by atoms with E-state index < -0.39 is 18.1 Å². The molecule has 0 spiro atoms. The van der Waals surface area contributed by atoms with E-state index >= 15 is 0 Å². The van der Waals surface area contributed by atoms with Crippen molar-refractivity contribution in [3.63, 3.8) is 0 Å². The number of methoxy groups -OCH3 is 2. The first-order valence-electron chi connectivity index (χ1n) is 12.4. The molecule has 1 aromatic heterocycles. The number of hydrogen-bond acceptors (Lipinski definition) is 8. The summed E-state index contributed by atoms with van der Waals surface area (Å²) in [7, 11) is 2.82. The zero-order valence-electron chi connectivity index (χ0n) is 22.0. The minimum absolute atomic E-state index is 0.270. The lowest BCUT2D eigenvalue weighted by molar-refractivity contribution is -0.141. The third kappa shape index (κ3) is 7.38. The fourth-order valence-corrected chi connectivity index (χ4v) is 3.80. The molecular formula is C30H30N2O7. The second-order valence-corrected chi connectivity index (χ2v) is 8.60. The average Bonchev–Trinajstić information content (AvgIpc) is 3.45. The van der Waals surface area contributed by atoms with Gasteiger partial charge in [0.1, 0.15) is 30.1 Å². The zero-order valence-corrected chi connectivity index (χ0v) is 22.0. The maximum atomic E-state index is 13.0. The molecule has 1 atom stereocenters. The van der Waals surface area contributed by atoms with Crippen LogP contribution >= 0.6 is 0 Å². The summed E-state index contributed by atoms with van der Waals surface area (Å²) in [6.45, 7) is 1.95. The molecule has 4 rings (SSSR count). The van der Waals surface area contributed by atoms with Gasteiger partial charge in [0.2, 0.25) is 5.89 Å². The van der Waals surface area contributed by atoms with Crippen LogP contribution in [0.15, 0.2) is 89.5 Å². The number of carbonyl (C=O) groups is 2. The number of ether oxygens (including phenoxy) is 4. The van der Waals surface area contributed by atoms with Gasteiger partial charge >= 0.3 is 12.1 Å². The number of carbonyl (C=O) groups excluding carboxylic acids is 2. The molecule has 9 nitrogen and oxygen atoms in total. The van der Waals surface area contributed by atoms with Crippen LogP contribution in [0.3, 0.4) is 0 Å². The van der Waals surface area contributed by atoms with Crippen molar-refractivity contribution in [1.82, 2.24) is 9.88 Å². The van der Waals surface area contributed by atoms with Crippen molar-refractivity contribution in [2.45, 2.75) is 19.4 Å². The third-order valence-corrected chi connectivity index (χ3v) is 6.06. The molecule has 9 heteroatoms. The smallest absolute Gasteiger partial charge is 0.416 e. The van der Waals surface area contributed by atoms with Crippen molar-refractivity contribution < 1.29 is 33.0 Å². The van der Waals surface area contributed by atoms with Crippen LogP contribution in [-0.2, 0) is 16.0 Å². The van der Waals surface area contributed by atoms with Crippen molar-refractivity contribution in [2.75, 3.05) is 27.4 Å². The van der Waals surface area contributed by atoms with Gasteiger partial charge in [0.25, 0.3) is 0 Å². The molecule has 1 heterocycles. The van der Waals surface area contributed by atoms with E-state index in [0.717, 1.165) is 16.8 Å². The van der Waals surface area contributed by atoms with Crippen LogP contribution in [0.4, 0.5) is 4.79 Å². The van der Waals surface area contributed by atoms with Crippen LogP contribution in [0, 0.1) is 0 Å². The molecule has 0 fully saturated rings. The van der Waals surface area contributed by atoms with E-state index in [9.17, 15) is 9.59 Å². The molecule has 202 valence electrons. The quantitative estimate of drug-likeness (QED) is 0.228. The Hall–Kier alpha value is -4.79. The van der Waals surface area contributed by atoms with Gasteiger partial charge in [-0.1, -0.05) is 30.3 Å². The second kappa shape index (κ2) is 13.1. The molecule has 1 unspecified atom stereocenters. The van der Waals surface area contributed by atoms with Gasteiger partial charge in [-0.25, -0.2) is 9.78 Å². The Morgan fingerprint density at radius 2 is 1.56 bits per heavy atom. The Morgan fingerprint density at radius 3 is 2.23 bits per heavy atom. The Bertz CT molecular complexity index is 1350. The maximum Gasteiger partial charge on any atom is 0.416 e. The predicted molar refractivity (Wildman–Crippen MR) is 144 cm³/mol. The summed E-state index contributed by atoms with van der Waals surface area (Å²) >= 11 is 0. The second-order valence-electron chi connectivity index (χ2n) is 8.60. The molecule has 0 radical (unpaired) electrons. The average molecular weight is 531 g/mol. The molecule has 0 saturated heterocycles. The summed E-state index contributed by atoms with van der Waals surface area (Å²) in [4.78, 5) is 30.9. The molecule has 1 amide bonds. The molecule has 0 saturated carbocycles.